The standard InChI is InChI=1S/C31H39N3O6Si/c1-8-31(17-35)22-13-25-26-18(14-34(25)27(36)21(22)15-39-28(31)37)12-20-19(10-9-11-23(20)32-26)24(16-41(5,6)7)33-29(38)40-30(2,3)4/h9-13,24,35H,8,14-17H2,1-7H3,(H,33,38). The van der Waals surface area contributed by atoms with Crippen LogP contribution in [0.3, 0.4) is 0 Å². The molecule has 1 amide bonds. The molecule has 0 bridgehead atoms. The maximum atomic E-state index is 13.7. The second kappa shape index (κ2) is 10.1. The van der Waals surface area contributed by atoms with Gasteiger partial charge in [0.15, 0.2) is 0 Å². The number of pyridine rings is 2. The van der Waals surface area contributed by atoms with E-state index in [2.05, 4.69) is 31.0 Å². The predicted octanol–water partition coefficient (Wildman–Crippen LogP) is 5.03. The van der Waals surface area contributed by atoms with E-state index in [1.807, 2.05) is 45.0 Å². The summed E-state index contributed by atoms with van der Waals surface area (Å²) in [6, 6.07) is 10.3. The second-order valence-corrected chi connectivity index (χ2v) is 18.9. The van der Waals surface area contributed by atoms with Crippen molar-refractivity contribution < 1.29 is 24.2 Å². The lowest BCUT2D eigenvalue weighted by Crippen LogP contribution is -2.47. The number of hydrogen-bond donors (Lipinski definition) is 2. The van der Waals surface area contributed by atoms with Gasteiger partial charge in [0.1, 0.15) is 17.6 Å². The SMILES string of the molecule is CCC1(CO)C(=O)OCc2c1cc1n(c2=O)Cc2cc3c(C(C[Si](C)(C)C)NC(=O)OC(C)(C)C)cccc3nc2-1. The molecule has 1 aromatic carbocycles. The molecule has 2 aliphatic rings. The third-order valence-corrected chi connectivity index (χ3v) is 9.59. The summed E-state index contributed by atoms with van der Waals surface area (Å²) >= 11 is 0. The van der Waals surface area contributed by atoms with Crippen LogP contribution in [0, 0.1) is 0 Å². The highest BCUT2D eigenvalue weighted by Crippen LogP contribution is 2.41. The Morgan fingerprint density at radius 2 is 1.98 bits per heavy atom. The molecule has 4 heterocycles. The molecule has 10 heteroatoms. The number of carbonyl (C=O) groups is 2. The van der Waals surface area contributed by atoms with Crippen molar-refractivity contribution in [2.24, 2.45) is 0 Å². The Labute approximate surface area is 240 Å². The third-order valence-electron chi connectivity index (χ3n) is 7.95. The largest absolute Gasteiger partial charge is 0.460 e. The molecule has 41 heavy (non-hydrogen) atoms. The number of aliphatic hydroxyl groups is 1. The summed E-state index contributed by atoms with van der Waals surface area (Å²) in [5, 5.41) is 14.3. The van der Waals surface area contributed by atoms with Gasteiger partial charge in [0, 0.05) is 19.0 Å². The van der Waals surface area contributed by atoms with Crippen molar-refractivity contribution in [1.29, 1.82) is 0 Å². The van der Waals surface area contributed by atoms with E-state index in [4.69, 9.17) is 14.5 Å². The summed E-state index contributed by atoms with van der Waals surface area (Å²) in [6.07, 6.45) is -0.153. The maximum absolute atomic E-state index is 13.7. The van der Waals surface area contributed by atoms with Crippen LogP contribution in [-0.4, -0.2) is 47.0 Å². The molecule has 5 rings (SSSR count). The van der Waals surface area contributed by atoms with Gasteiger partial charge in [-0.25, -0.2) is 9.78 Å². The molecule has 9 nitrogen and oxygen atoms in total. The fourth-order valence-corrected chi connectivity index (χ4v) is 7.52. The van der Waals surface area contributed by atoms with E-state index < -0.39 is 37.8 Å². The molecule has 2 aromatic heterocycles. The minimum atomic E-state index is -1.63. The number of esters is 1. The molecule has 0 saturated carbocycles. The topological polar surface area (TPSA) is 120 Å². The van der Waals surface area contributed by atoms with Gasteiger partial charge in [-0.3, -0.25) is 9.59 Å². The summed E-state index contributed by atoms with van der Waals surface area (Å²) < 4.78 is 12.6. The van der Waals surface area contributed by atoms with E-state index in [0.29, 0.717) is 35.5 Å². The zero-order chi connectivity index (χ0) is 29.9. The van der Waals surface area contributed by atoms with Crippen LogP contribution in [0.25, 0.3) is 22.3 Å². The van der Waals surface area contributed by atoms with Crippen LogP contribution in [0.15, 0.2) is 35.1 Å². The van der Waals surface area contributed by atoms with Gasteiger partial charge in [0.25, 0.3) is 5.56 Å². The number of carbonyl (C=O) groups excluding carboxylic acids is 2. The first kappa shape index (κ1) is 29.0. The van der Waals surface area contributed by atoms with Crippen molar-refractivity contribution in [3.63, 3.8) is 0 Å². The van der Waals surface area contributed by atoms with Crippen LogP contribution in [0.1, 0.15) is 62.4 Å². The molecular weight excluding hydrogens is 538 g/mol. The zero-order valence-corrected chi connectivity index (χ0v) is 25.9. The van der Waals surface area contributed by atoms with Crippen molar-refractivity contribution >= 4 is 31.0 Å². The third kappa shape index (κ3) is 5.19. The number of nitrogens with zero attached hydrogens (tertiary/aromatic N) is 2. The maximum Gasteiger partial charge on any atom is 0.408 e. The lowest BCUT2D eigenvalue weighted by Gasteiger charge is -2.34. The fourth-order valence-electron chi connectivity index (χ4n) is 5.97. The summed E-state index contributed by atoms with van der Waals surface area (Å²) in [6.45, 7) is 13.9. The Morgan fingerprint density at radius 1 is 1.24 bits per heavy atom. The van der Waals surface area contributed by atoms with Gasteiger partial charge >= 0.3 is 12.1 Å². The molecule has 2 unspecified atom stereocenters. The molecule has 0 fully saturated rings. The predicted molar refractivity (Wildman–Crippen MR) is 160 cm³/mol. The van der Waals surface area contributed by atoms with E-state index in [9.17, 15) is 19.5 Å². The smallest absolute Gasteiger partial charge is 0.408 e. The van der Waals surface area contributed by atoms with Crippen LogP contribution < -0.4 is 10.9 Å². The molecule has 2 aliphatic heterocycles. The first-order valence-corrected chi connectivity index (χ1v) is 17.9. The van der Waals surface area contributed by atoms with Crippen LogP contribution in [0.5, 0.6) is 0 Å². The quantitative estimate of drug-likeness (QED) is 0.244. The molecule has 0 aliphatic carbocycles. The van der Waals surface area contributed by atoms with Gasteiger partial charge in [-0.1, -0.05) is 38.7 Å². The highest BCUT2D eigenvalue weighted by Gasteiger charge is 2.46. The van der Waals surface area contributed by atoms with Crippen molar-refractivity contribution in [2.45, 2.75) is 90.0 Å². The Morgan fingerprint density at radius 3 is 2.61 bits per heavy atom. The molecule has 218 valence electrons. The van der Waals surface area contributed by atoms with Crippen molar-refractivity contribution in [3.05, 3.63) is 62.9 Å². The number of aliphatic hydroxyl groups excluding tert-OH is 1. The van der Waals surface area contributed by atoms with Crippen LogP contribution in [0.4, 0.5) is 4.79 Å². The summed E-state index contributed by atoms with van der Waals surface area (Å²) in [4.78, 5) is 44.3. The van der Waals surface area contributed by atoms with Crippen molar-refractivity contribution in [3.8, 4) is 11.4 Å². The molecule has 2 atom stereocenters. The number of alkyl carbamates (subject to hydrolysis) is 1. The summed E-state index contributed by atoms with van der Waals surface area (Å²) in [5.74, 6) is -0.514. The first-order chi connectivity index (χ1) is 19.2. The van der Waals surface area contributed by atoms with Crippen LogP contribution in [0.2, 0.25) is 25.7 Å². The molecule has 0 saturated heterocycles. The first-order valence-electron chi connectivity index (χ1n) is 14.1. The van der Waals surface area contributed by atoms with E-state index in [0.717, 1.165) is 28.1 Å². The number of fused-ring (bicyclic) bond motifs is 5. The minimum absolute atomic E-state index is 0.111. The minimum Gasteiger partial charge on any atom is -0.460 e. The number of hydrogen-bond acceptors (Lipinski definition) is 7. The molecule has 2 N–H and O–H groups in total. The summed E-state index contributed by atoms with van der Waals surface area (Å²) in [7, 11) is -1.63. The Balaban J connectivity index is 1.63. The Hall–Kier alpha value is -3.50. The normalized spacial score (nSPS) is 18.8. The number of nitrogens with one attached hydrogen (secondary N) is 1. The van der Waals surface area contributed by atoms with Crippen molar-refractivity contribution in [2.75, 3.05) is 6.61 Å². The monoisotopic (exact) mass is 577 g/mol. The van der Waals surface area contributed by atoms with Gasteiger partial charge in [-0.15, -0.1) is 0 Å². The lowest BCUT2D eigenvalue weighted by atomic mass is 9.75. The summed E-state index contributed by atoms with van der Waals surface area (Å²) in [5.41, 5.74) is 2.69. The molecule has 0 radical (unpaired) electrons. The van der Waals surface area contributed by atoms with Gasteiger partial charge in [-0.2, -0.15) is 0 Å². The average molecular weight is 578 g/mol. The number of aromatic nitrogens is 2. The number of amides is 1. The number of cyclic esters (lactones) is 1. The Bertz CT molecular complexity index is 1610. The van der Waals surface area contributed by atoms with E-state index >= 15 is 0 Å². The highest BCUT2D eigenvalue weighted by molar-refractivity contribution is 6.76. The van der Waals surface area contributed by atoms with Crippen LogP contribution >= 0.6 is 0 Å². The number of ether oxygens (including phenoxy) is 2. The van der Waals surface area contributed by atoms with E-state index in [-0.39, 0.29) is 18.2 Å². The molecule has 3 aromatic rings. The van der Waals surface area contributed by atoms with Crippen LogP contribution in [-0.2, 0) is 32.8 Å². The van der Waals surface area contributed by atoms with Gasteiger partial charge in [-0.05, 0) is 62.6 Å². The highest BCUT2D eigenvalue weighted by atomic mass is 28.3. The second-order valence-electron chi connectivity index (χ2n) is 13.4. The average Bonchev–Trinajstić information content (AvgIpc) is 3.23. The molecule has 0 spiro atoms. The van der Waals surface area contributed by atoms with E-state index in [1.54, 1.807) is 11.5 Å². The van der Waals surface area contributed by atoms with E-state index in [1.165, 1.54) is 0 Å². The van der Waals surface area contributed by atoms with Gasteiger partial charge in [0.05, 0.1) is 41.7 Å². The Kier molecular flexibility index (Phi) is 7.14. The van der Waals surface area contributed by atoms with Gasteiger partial charge in [0.2, 0.25) is 0 Å². The number of rotatable bonds is 6. The fraction of sp³-hybridized carbons (Fsp3) is 0.484. The van der Waals surface area contributed by atoms with Gasteiger partial charge < -0.3 is 24.5 Å². The lowest BCUT2D eigenvalue weighted by molar-refractivity contribution is -0.156. The number of benzene rings is 1. The van der Waals surface area contributed by atoms with Crippen molar-refractivity contribution in [1.82, 2.24) is 14.9 Å². The zero-order valence-electron chi connectivity index (χ0n) is 24.9. The molecular formula is C31H39N3O6Si.